The molecular weight excluding hydrogens is 483 g/mol. The van der Waals surface area contributed by atoms with Gasteiger partial charge in [-0.2, -0.15) is 0 Å². The van der Waals surface area contributed by atoms with Gasteiger partial charge in [0.15, 0.2) is 6.29 Å². The molecule has 6 atom stereocenters. The molecule has 1 aromatic carbocycles. The minimum absolute atomic E-state index is 0.0260. The number of hydrogen-bond donors (Lipinski definition) is 1. The van der Waals surface area contributed by atoms with Gasteiger partial charge in [-0.15, -0.1) is 0 Å². The van der Waals surface area contributed by atoms with Crippen LogP contribution in [0.25, 0.3) is 0 Å². The molecule has 1 aliphatic heterocycles. The van der Waals surface area contributed by atoms with Crippen LogP contribution in [-0.4, -0.2) is 48.5 Å². The maximum absolute atomic E-state index is 15.4. The van der Waals surface area contributed by atoms with E-state index in [9.17, 15) is 9.90 Å². The summed E-state index contributed by atoms with van der Waals surface area (Å²) in [6, 6.07) is 8.35. The van der Waals surface area contributed by atoms with E-state index in [0.29, 0.717) is 25.9 Å². The fraction of sp³-hybridized carbons (Fsp3) is 0.656. The minimum atomic E-state index is -1.02. The summed E-state index contributed by atoms with van der Waals surface area (Å²) in [5, 5.41) is 10.9. The zero-order valence-electron chi connectivity index (χ0n) is 23.0. The van der Waals surface area contributed by atoms with Crippen molar-refractivity contribution in [2.45, 2.75) is 109 Å². The average molecular weight is 529 g/mol. The molecule has 0 amide bonds. The molecule has 1 saturated carbocycles. The van der Waals surface area contributed by atoms with Crippen LogP contribution in [0.5, 0.6) is 0 Å². The first kappa shape index (κ1) is 29.0. The summed E-state index contributed by atoms with van der Waals surface area (Å²) in [6.45, 7) is 4.40. The summed E-state index contributed by atoms with van der Waals surface area (Å²) in [7, 11) is 0. The van der Waals surface area contributed by atoms with Gasteiger partial charge in [0.25, 0.3) is 0 Å². The van der Waals surface area contributed by atoms with E-state index >= 15 is 4.39 Å². The Labute approximate surface area is 227 Å². The van der Waals surface area contributed by atoms with Gasteiger partial charge in [0.2, 0.25) is 0 Å². The number of hydrogen-bond acceptors (Lipinski definition) is 5. The lowest BCUT2D eigenvalue weighted by Gasteiger charge is -2.29. The number of aliphatic hydroxyl groups is 1. The average Bonchev–Trinajstić information content (AvgIpc) is 3.45. The van der Waals surface area contributed by atoms with Crippen LogP contribution in [0.15, 0.2) is 48.6 Å². The molecule has 1 saturated heterocycles. The standard InChI is InChI=1S/C32H45FO5/c1-22(2)37-31(35)14-6-4-3-5-13-27-26(28(33)21-30(27)38-32-15-9-10-18-36-32)16-17-29(34)25-19-23-11-7-8-12-24(23)20-25/h3,5,7-8,11-12,16-17,22,25-30,32,34H,4,6,9-10,13-15,18-21H2,1-2H3/t26-,27-,28+,29?,30+,32?/m1/s1. The lowest BCUT2D eigenvalue weighted by Crippen LogP contribution is -2.31. The third-order valence-corrected chi connectivity index (χ3v) is 8.10. The van der Waals surface area contributed by atoms with Crippen molar-refractivity contribution in [3.8, 4) is 0 Å². The fourth-order valence-electron chi connectivity index (χ4n) is 6.10. The van der Waals surface area contributed by atoms with Crippen LogP contribution in [0, 0.1) is 17.8 Å². The molecular formula is C32H45FO5. The number of esters is 1. The maximum atomic E-state index is 15.4. The lowest BCUT2D eigenvalue weighted by molar-refractivity contribution is -0.195. The first-order chi connectivity index (χ1) is 18.4. The molecule has 3 aliphatic rings. The number of allylic oxidation sites excluding steroid dienone is 3. The van der Waals surface area contributed by atoms with Crippen molar-refractivity contribution in [1.82, 2.24) is 0 Å². The zero-order chi connectivity index (χ0) is 26.9. The molecule has 6 heteroatoms. The number of ether oxygens (including phenoxy) is 3. The molecule has 210 valence electrons. The first-order valence-electron chi connectivity index (χ1n) is 14.6. The molecule has 2 aliphatic carbocycles. The Morgan fingerprint density at radius 3 is 2.63 bits per heavy atom. The van der Waals surface area contributed by atoms with Gasteiger partial charge < -0.3 is 19.3 Å². The van der Waals surface area contributed by atoms with E-state index in [0.717, 1.165) is 44.9 Å². The number of fused-ring (bicyclic) bond motifs is 1. The predicted molar refractivity (Wildman–Crippen MR) is 146 cm³/mol. The third kappa shape index (κ3) is 8.24. The topological polar surface area (TPSA) is 65.0 Å². The van der Waals surface area contributed by atoms with Gasteiger partial charge in [0.05, 0.1) is 18.3 Å². The summed E-state index contributed by atoms with van der Waals surface area (Å²) < 4.78 is 32.7. The predicted octanol–water partition coefficient (Wildman–Crippen LogP) is 6.27. The van der Waals surface area contributed by atoms with Crippen molar-refractivity contribution in [2.24, 2.45) is 17.8 Å². The van der Waals surface area contributed by atoms with Gasteiger partial charge in [0.1, 0.15) is 6.17 Å². The summed E-state index contributed by atoms with van der Waals surface area (Å²) in [4.78, 5) is 11.7. The second kappa shape index (κ2) is 14.4. The second-order valence-electron chi connectivity index (χ2n) is 11.4. The highest BCUT2D eigenvalue weighted by atomic mass is 19.1. The number of carbonyl (C=O) groups is 1. The molecule has 5 nitrogen and oxygen atoms in total. The molecule has 1 aromatic rings. The molecule has 2 unspecified atom stereocenters. The van der Waals surface area contributed by atoms with Crippen molar-refractivity contribution >= 4 is 5.97 Å². The number of halogens is 1. The van der Waals surface area contributed by atoms with Crippen LogP contribution < -0.4 is 0 Å². The van der Waals surface area contributed by atoms with E-state index in [4.69, 9.17) is 14.2 Å². The van der Waals surface area contributed by atoms with Crippen LogP contribution in [0.4, 0.5) is 4.39 Å². The smallest absolute Gasteiger partial charge is 0.306 e. The number of unbranched alkanes of at least 4 members (excludes halogenated alkanes) is 1. The number of alkyl halides is 1. The molecule has 1 N–H and O–H groups in total. The van der Waals surface area contributed by atoms with Crippen molar-refractivity contribution in [3.63, 3.8) is 0 Å². The third-order valence-electron chi connectivity index (χ3n) is 8.10. The van der Waals surface area contributed by atoms with Gasteiger partial charge >= 0.3 is 5.97 Å². The van der Waals surface area contributed by atoms with Crippen LogP contribution in [0.1, 0.15) is 76.3 Å². The number of aliphatic hydroxyl groups excluding tert-OH is 1. The van der Waals surface area contributed by atoms with Crippen LogP contribution >= 0.6 is 0 Å². The highest BCUT2D eigenvalue weighted by Gasteiger charge is 2.43. The Balaban J connectivity index is 1.35. The van der Waals surface area contributed by atoms with Crippen LogP contribution in [0.3, 0.4) is 0 Å². The maximum Gasteiger partial charge on any atom is 0.306 e. The van der Waals surface area contributed by atoms with Gasteiger partial charge in [-0.1, -0.05) is 48.6 Å². The van der Waals surface area contributed by atoms with Gasteiger partial charge in [-0.25, -0.2) is 4.39 Å². The van der Waals surface area contributed by atoms with Crippen molar-refractivity contribution in [1.29, 1.82) is 0 Å². The quantitative estimate of drug-likeness (QED) is 0.197. The van der Waals surface area contributed by atoms with Gasteiger partial charge in [-0.3, -0.25) is 4.79 Å². The molecule has 2 fully saturated rings. The number of carbonyl (C=O) groups excluding carboxylic acids is 1. The van der Waals surface area contributed by atoms with Crippen LogP contribution in [-0.2, 0) is 31.8 Å². The van der Waals surface area contributed by atoms with E-state index < -0.39 is 12.3 Å². The van der Waals surface area contributed by atoms with Crippen LogP contribution in [0.2, 0.25) is 0 Å². The van der Waals surface area contributed by atoms with Crippen molar-refractivity contribution in [3.05, 3.63) is 59.7 Å². The largest absolute Gasteiger partial charge is 0.463 e. The zero-order valence-corrected chi connectivity index (χ0v) is 23.0. The summed E-state index contributed by atoms with van der Waals surface area (Å²) in [6.07, 6.45) is 13.3. The Bertz CT molecular complexity index is 913. The fourth-order valence-corrected chi connectivity index (χ4v) is 6.10. The Hall–Kier alpha value is -2.02. The number of benzene rings is 1. The van der Waals surface area contributed by atoms with Crippen molar-refractivity contribution in [2.75, 3.05) is 6.61 Å². The molecule has 38 heavy (non-hydrogen) atoms. The van der Waals surface area contributed by atoms with E-state index in [2.05, 4.69) is 24.3 Å². The van der Waals surface area contributed by atoms with Gasteiger partial charge in [0, 0.05) is 25.4 Å². The molecule has 0 aromatic heterocycles. The van der Waals surface area contributed by atoms with E-state index in [1.54, 1.807) is 0 Å². The van der Waals surface area contributed by atoms with Crippen molar-refractivity contribution < 1.29 is 28.5 Å². The second-order valence-corrected chi connectivity index (χ2v) is 11.4. The highest BCUT2D eigenvalue weighted by Crippen LogP contribution is 2.41. The Morgan fingerprint density at radius 2 is 1.95 bits per heavy atom. The summed E-state index contributed by atoms with van der Waals surface area (Å²) in [5.41, 5.74) is 2.60. The van der Waals surface area contributed by atoms with E-state index in [-0.39, 0.29) is 42.2 Å². The number of rotatable bonds is 12. The SMILES string of the molecule is CC(C)OC(=O)CCCC=CC[C@@H]1[C@@H](C=CC(O)C2Cc3ccccc3C2)[C@@H](F)C[C@@H]1OC1CCCCO1. The van der Waals surface area contributed by atoms with E-state index in [1.807, 2.05) is 38.1 Å². The van der Waals surface area contributed by atoms with Gasteiger partial charge in [-0.05, 0) is 88.2 Å². The highest BCUT2D eigenvalue weighted by molar-refractivity contribution is 5.69. The lowest BCUT2D eigenvalue weighted by atomic mass is 9.88. The first-order valence-corrected chi connectivity index (χ1v) is 14.6. The molecule has 1 heterocycles. The Kier molecular flexibility index (Phi) is 11.0. The van der Waals surface area contributed by atoms with E-state index in [1.165, 1.54) is 11.1 Å². The molecule has 0 bridgehead atoms. The molecule has 4 rings (SSSR count). The Morgan fingerprint density at radius 1 is 1.18 bits per heavy atom. The summed E-state index contributed by atoms with van der Waals surface area (Å²) in [5.74, 6) is -0.374. The molecule has 0 spiro atoms. The normalized spacial score (nSPS) is 28.9. The minimum Gasteiger partial charge on any atom is -0.463 e. The molecule has 0 radical (unpaired) electrons. The summed E-state index contributed by atoms with van der Waals surface area (Å²) >= 11 is 0. The monoisotopic (exact) mass is 528 g/mol.